The van der Waals surface area contributed by atoms with Gasteiger partial charge in [0.15, 0.2) is 0 Å². The molecule has 4 heteroatoms. The van der Waals surface area contributed by atoms with E-state index < -0.39 is 0 Å². The first-order valence-corrected chi connectivity index (χ1v) is 3.83. The molecule has 0 aliphatic carbocycles. The molecular weight excluding hydrogens is 195 g/mol. The Hall–Kier alpha value is -0.280. The van der Waals surface area contributed by atoms with E-state index in [-0.39, 0.29) is 18.4 Å². The topological polar surface area (TPSA) is 52.0 Å². The molecule has 1 aromatic carbocycles. The second kappa shape index (κ2) is 5.38. The van der Waals surface area contributed by atoms with Crippen molar-refractivity contribution in [2.75, 3.05) is 6.54 Å². The van der Waals surface area contributed by atoms with Crippen LogP contribution in [-0.4, -0.2) is 6.54 Å². The van der Waals surface area contributed by atoms with E-state index in [1.165, 1.54) is 0 Å². The van der Waals surface area contributed by atoms with Gasteiger partial charge in [0.25, 0.3) is 0 Å². The highest BCUT2D eigenvalue weighted by Crippen LogP contribution is 2.19. The van der Waals surface area contributed by atoms with Crippen LogP contribution in [0.25, 0.3) is 0 Å². The fraction of sp³-hybridized carbons (Fsp3) is 0.250. The summed E-state index contributed by atoms with van der Waals surface area (Å²) in [4.78, 5) is 0. The first-order valence-electron chi connectivity index (χ1n) is 3.45. The molecular formula is C8H12Cl2N2. The van der Waals surface area contributed by atoms with E-state index in [1.54, 1.807) is 0 Å². The van der Waals surface area contributed by atoms with Gasteiger partial charge in [-0.3, -0.25) is 0 Å². The maximum absolute atomic E-state index is 5.86. The number of halogens is 2. The number of hydrogen-bond acceptors (Lipinski definition) is 2. The molecule has 0 heterocycles. The van der Waals surface area contributed by atoms with Crippen molar-refractivity contribution in [2.24, 2.45) is 11.5 Å². The van der Waals surface area contributed by atoms with Gasteiger partial charge in [0.2, 0.25) is 0 Å². The Kier molecular flexibility index (Phi) is 5.25. The van der Waals surface area contributed by atoms with Gasteiger partial charge in [-0.1, -0.05) is 29.8 Å². The van der Waals surface area contributed by atoms with Crippen molar-refractivity contribution in [3.63, 3.8) is 0 Å². The summed E-state index contributed by atoms with van der Waals surface area (Å²) < 4.78 is 0. The molecule has 0 saturated heterocycles. The van der Waals surface area contributed by atoms with Gasteiger partial charge >= 0.3 is 0 Å². The normalized spacial score (nSPS) is 11.9. The first-order chi connectivity index (χ1) is 5.25. The van der Waals surface area contributed by atoms with E-state index in [0.29, 0.717) is 11.6 Å². The summed E-state index contributed by atoms with van der Waals surface area (Å²) in [5, 5.41) is 0.686. The van der Waals surface area contributed by atoms with Gasteiger partial charge in [-0.15, -0.1) is 12.4 Å². The zero-order valence-electron chi connectivity index (χ0n) is 6.53. The molecule has 0 saturated carbocycles. The van der Waals surface area contributed by atoms with Crippen LogP contribution < -0.4 is 11.5 Å². The molecule has 0 aliphatic heterocycles. The highest BCUT2D eigenvalue weighted by atomic mass is 35.5. The fourth-order valence-corrected chi connectivity index (χ4v) is 1.18. The molecule has 0 aromatic heterocycles. The van der Waals surface area contributed by atoms with E-state index in [0.717, 1.165) is 5.56 Å². The van der Waals surface area contributed by atoms with E-state index in [1.807, 2.05) is 24.3 Å². The minimum absolute atomic E-state index is 0. The number of benzene rings is 1. The summed E-state index contributed by atoms with van der Waals surface area (Å²) in [5.74, 6) is 0. The van der Waals surface area contributed by atoms with Gasteiger partial charge < -0.3 is 11.5 Å². The number of hydrogen-bond donors (Lipinski definition) is 2. The van der Waals surface area contributed by atoms with Gasteiger partial charge in [-0.25, -0.2) is 0 Å². The lowest BCUT2D eigenvalue weighted by Crippen LogP contribution is -2.20. The molecule has 1 aromatic rings. The Bertz CT molecular complexity index is 240. The van der Waals surface area contributed by atoms with Crippen LogP contribution in [0.2, 0.25) is 5.02 Å². The second-order valence-corrected chi connectivity index (χ2v) is 2.77. The average molecular weight is 207 g/mol. The summed E-state index contributed by atoms with van der Waals surface area (Å²) in [6.45, 7) is 0.420. The molecule has 0 unspecified atom stereocenters. The summed E-state index contributed by atoms with van der Waals surface area (Å²) in [6.07, 6.45) is 0. The molecule has 0 bridgehead atoms. The Balaban J connectivity index is 0.00000121. The van der Waals surface area contributed by atoms with Crippen molar-refractivity contribution in [2.45, 2.75) is 6.04 Å². The second-order valence-electron chi connectivity index (χ2n) is 2.36. The first kappa shape index (κ1) is 11.7. The predicted octanol–water partition coefficient (Wildman–Crippen LogP) is 1.72. The van der Waals surface area contributed by atoms with Crippen LogP contribution in [0.1, 0.15) is 11.6 Å². The molecule has 1 rings (SSSR count). The van der Waals surface area contributed by atoms with Crippen LogP contribution in [0, 0.1) is 0 Å². The van der Waals surface area contributed by atoms with Crippen molar-refractivity contribution < 1.29 is 0 Å². The van der Waals surface area contributed by atoms with Crippen LogP contribution in [-0.2, 0) is 0 Å². The van der Waals surface area contributed by atoms with Crippen molar-refractivity contribution >= 4 is 24.0 Å². The molecule has 12 heavy (non-hydrogen) atoms. The lowest BCUT2D eigenvalue weighted by molar-refractivity contribution is 0.737. The number of rotatable bonds is 2. The highest BCUT2D eigenvalue weighted by molar-refractivity contribution is 6.31. The van der Waals surface area contributed by atoms with Gasteiger partial charge in [0.1, 0.15) is 0 Å². The summed E-state index contributed by atoms with van der Waals surface area (Å²) in [5.41, 5.74) is 12.0. The van der Waals surface area contributed by atoms with Crippen molar-refractivity contribution in [1.29, 1.82) is 0 Å². The van der Waals surface area contributed by atoms with E-state index >= 15 is 0 Å². The van der Waals surface area contributed by atoms with E-state index in [4.69, 9.17) is 23.1 Å². The van der Waals surface area contributed by atoms with Crippen LogP contribution in [0.15, 0.2) is 24.3 Å². The van der Waals surface area contributed by atoms with Gasteiger partial charge in [-0.05, 0) is 11.6 Å². The van der Waals surface area contributed by atoms with Gasteiger partial charge in [-0.2, -0.15) is 0 Å². The highest BCUT2D eigenvalue weighted by Gasteiger charge is 2.05. The molecule has 0 spiro atoms. The molecule has 0 aliphatic rings. The average Bonchev–Trinajstić information content (AvgIpc) is 2.04. The van der Waals surface area contributed by atoms with Crippen LogP contribution in [0.5, 0.6) is 0 Å². The Morgan fingerprint density at radius 3 is 2.42 bits per heavy atom. The van der Waals surface area contributed by atoms with Gasteiger partial charge in [0.05, 0.1) is 0 Å². The maximum atomic E-state index is 5.86. The number of nitrogens with two attached hydrogens (primary N) is 2. The van der Waals surface area contributed by atoms with E-state index in [2.05, 4.69) is 0 Å². The van der Waals surface area contributed by atoms with Gasteiger partial charge in [0, 0.05) is 17.6 Å². The SMILES string of the molecule is Cl.NC[C@@H](N)c1ccccc1Cl. The summed E-state index contributed by atoms with van der Waals surface area (Å²) in [6, 6.07) is 7.32. The third-order valence-corrected chi connectivity index (χ3v) is 1.90. The maximum Gasteiger partial charge on any atom is 0.0454 e. The monoisotopic (exact) mass is 206 g/mol. The Morgan fingerprint density at radius 2 is 1.92 bits per heavy atom. The Labute approximate surface area is 83.3 Å². The molecule has 0 fully saturated rings. The Morgan fingerprint density at radius 1 is 1.33 bits per heavy atom. The van der Waals surface area contributed by atoms with Crippen molar-refractivity contribution in [3.8, 4) is 0 Å². The standard InChI is InChI=1S/C8H11ClN2.ClH/c9-7-4-2-1-3-6(7)8(11)5-10;/h1-4,8H,5,10-11H2;1H/t8-;/m1./s1. The van der Waals surface area contributed by atoms with E-state index in [9.17, 15) is 0 Å². The fourth-order valence-electron chi connectivity index (χ4n) is 0.903. The lowest BCUT2D eigenvalue weighted by Gasteiger charge is -2.09. The minimum atomic E-state index is -0.149. The zero-order valence-corrected chi connectivity index (χ0v) is 8.11. The molecule has 2 nitrogen and oxygen atoms in total. The molecule has 0 amide bonds. The third kappa shape index (κ3) is 2.64. The molecule has 4 N–H and O–H groups in total. The largest absolute Gasteiger partial charge is 0.329 e. The van der Waals surface area contributed by atoms with Crippen LogP contribution in [0.4, 0.5) is 0 Å². The van der Waals surface area contributed by atoms with Crippen molar-refractivity contribution in [1.82, 2.24) is 0 Å². The lowest BCUT2D eigenvalue weighted by atomic mass is 10.1. The minimum Gasteiger partial charge on any atom is -0.329 e. The molecule has 1 atom stereocenters. The summed E-state index contributed by atoms with van der Waals surface area (Å²) >= 11 is 5.86. The molecule has 0 radical (unpaired) electrons. The van der Waals surface area contributed by atoms with Crippen LogP contribution in [0.3, 0.4) is 0 Å². The summed E-state index contributed by atoms with van der Waals surface area (Å²) in [7, 11) is 0. The molecule has 68 valence electrons. The predicted molar refractivity (Wildman–Crippen MR) is 54.7 cm³/mol. The zero-order chi connectivity index (χ0) is 8.27. The van der Waals surface area contributed by atoms with Crippen molar-refractivity contribution in [3.05, 3.63) is 34.9 Å². The third-order valence-electron chi connectivity index (χ3n) is 1.56. The van der Waals surface area contributed by atoms with Crippen LogP contribution >= 0.6 is 24.0 Å². The quantitative estimate of drug-likeness (QED) is 0.775. The smallest absolute Gasteiger partial charge is 0.0454 e.